The summed E-state index contributed by atoms with van der Waals surface area (Å²) in [5.74, 6) is -0.919. The van der Waals surface area contributed by atoms with Gasteiger partial charge in [0.15, 0.2) is 0 Å². The molecule has 0 aliphatic carbocycles. The van der Waals surface area contributed by atoms with Crippen LogP contribution in [0.5, 0.6) is 0 Å². The molecule has 0 unspecified atom stereocenters. The monoisotopic (exact) mass is 355 g/mol. The van der Waals surface area contributed by atoms with E-state index < -0.39 is 40.4 Å². The Bertz CT molecular complexity index is 890. The number of halogens is 3. The lowest BCUT2D eigenvalue weighted by Gasteiger charge is -2.14. The topological polar surface area (TPSA) is 94.2 Å². The Balaban J connectivity index is 2.27. The molecule has 2 aromatic rings. The smallest absolute Gasteiger partial charge is 0.324 e. The zero-order chi connectivity index (χ0) is 18.8. The van der Waals surface area contributed by atoms with Crippen molar-refractivity contribution in [3.63, 3.8) is 0 Å². The molecule has 0 bridgehead atoms. The van der Waals surface area contributed by atoms with E-state index in [1.165, 1.54) is 19.1 Å². The summed E-state index contributed by atoms with van der Waals surface area (Å²) in [7, 11) is 0. The van der Waals surface area contributed by atoms with Crippen molar-refractivity contribution < 1.29 is 22.9 Å². The van der Waals surface area contributed by atoms with Crippen molar-refractivity contribution in [3.05, 3.63) is 68.1 Å². The highest BCUT2D eigenvalue weighted by Crippen LogP contribution is 2.34. The number of carbonyl (C=O) groups is 1. The summed E-state index contributed by atoms with van der Waals surface area (Å²) in [5.41, 5.74) is -2.43. The highest BCUT2D eigenvalue weighted by atomic mass is 19.4. The van der Waals surface area contributed by atoms with Gasteiger partial charge in [-0.2, -0.15) is 13.2 Å². The van der Waals surface area contributed by atoms with E-state index in [-0.39, 0.29) is 11.3 Å². The fraction of sp³-hybridized carbons (Fsp3) is 0.200. The summed E-state index contributed by atoms with van der Waals surface area (Å²) in [4.78, 5) is 33.9. The van der Waals surface area contributed by atoms with Crippen molar-refractivity contribution in [3.8, 4) is 0 Å². The molecule has 1 aromatic heterocycles. The van der Waals surface area contributed by atoms with Crippen molar-refractivity contribution in [1.29, 1.82) is 0 Å². The van der Waals surface area contributed by atoms with Crippen molar-refractivity contribution in [1.82, 2.24) is 4.57 Å². The van der Waals surface area contributed by atoms with Gasteiger partial charge in [-0.05, 0) is 19.1 Å². The van der Waals surface area contributed by atoms with E-state index in [4.69, 9.17) is 0 Å². The molecule has 1 heterocycles. The first-order valence-electron chi connectivity index (χ1n) is 6.91. The Morgan fingerprint density at radius 1 is 1.32 bits per heavy atom. The zero-order valence-corrected chi connectivity index (χ0v) is 12.8. The maximum absolute atomic E-state index is 12.9. The molecule has 0 aliphatic rings. The third-order valence-corrected chi connectivity index (χ3v) is 3.32. The van der Waals surface area contributed by atoms with Crippen LogP contribution >= 0.6 is 0 Å². The van der Waals surface area contributed by atoms with E-state index in [1.807, 2.05) is 0 Å². The number of hydrogen-bond acceptors (Lipinski definition) is 4. The summed E-state index contributed by atoms with van der Waals surface area (Å²) in [6, 6.07) is 5.34. The lowest BCUT2D eigenvalue weighted by atomic mass is 10.1. The predicted octanol–water partition coefficient (Wildman–Crippen LogP) is 2.72. The summed E-state index contributed by atoms with van der Waals surface area (Å²) in [6.07, 6.45) is -3.78. The fourth-order valence-corrected chi connectivity index (χ4v) is 2.15. The third kappa shape index (κ3) is 4.22. The van der Waals surface area contributed by atoms with Crippen molar-refractivity contribution in [2.75, 3.05) is 5.32 Å². The van der Waals surface area contributed by atoms with Crippen LogP contribution in [0.2, 0.25) is 0 Å². The van der Waals surface area contributed by atoms with Gasteiger partial charge in [0.1, 0.15) is 6.54 Å². The average molecular weight is 355 g/mol. The van der Waals surface area contributed by atoms with Gasteiger partial charge in [-0.25, -0.2) is 0 Å². The number of amides is 1. The first-order valence-corrected chi connectivity index (χ1v) is 6.91. The first-order chi connectivity index (χ1) is 11.6. The maximum atomic E-state index is 12.9. The van der Waals surface area contributed by atoms with E-state index in [0.717, 1.165) is 29.0 Å². The molecule has 1 N–H and O–H groups in total. The number of rotatable bonds is 4. The molecular weight excluding hydrogens is 343 g/mol. The van der Waals surface area contributed by atoms with E-state index >= 15 is 0 Å². The molecule has 0 radical (unpaired) electrons. The Hall–Kier alpha value is -3.17. The number of carbonyl (C=O) groups excluding carboxylic acids is 1. The number of alkyl halides is 3. The molecule has 7 nitrogen and oxygen atoms in total. The second-order valence-electron chi connectivity index (χ2n) is 5.16. The van der Waals surface area contributed by atoms with Crippen LogP contribution in [0.4, 0.5) is 24.5 Å². The SMILES string of the molecule is Cc1cc(=O)n(CC(=O)Nc2ccccc2C(F)(F)F)cc1[N+](=O)[O-]. The van der Waals surface area contributed by atoms with E-state index in [9.17, 15) is 32.9 Å². The molecule has 0 saturated heterocycles. The van der Waals surface area contributed by atoms with Gasteiger partial charge in [0, 0.05) is 11.6 Å². The second-order valence-corrected chi connectivity index (χ2v) is 5.16. The van der Waals surface area contributed by atoms with Crippen LogP contribution in [0.3, 0.4) is 0 Å². The van der Waals surface area contributed by atoms with Crippen molar-refractivity contribution in [2.24, 2.45) is 0 Å². The number of hydrogen-bond donors (Lipinski definition) is 1. The Morgan fingerprint density at radius 2 is 1.96 bits per heavy atom. The number of nitrogens with zero attached hydrogens (tertiary/aromatic N) is 2. The Labute approximate surface area is 138 Å². The molecule has 25 heavy (non-hydrogen) atoms. The summed E-state index contributed by atoms with van der Waals surface area (Å²) in [5, 5.41) is 12.9. The van der Waals surface area contributed by atoms with Gasteiger partial charge < -0.3 is 5.32 Å². The van der Waals surface area contributed by atoms with Crippen LogP contribution in [0.25, 0.3) is 0 Å². The lowest BCUT2D eigenvalue weighted by molar-refractivity contribution is -0.385. The average Bonchev–Trinajstić information content (AvgIpc) is 2.49. The van der Waals surface area contributed by atoms with Gasteiger partial charge in [-0.1, -0.05) is 12.1 Å². The van der Waals surface area contributed by atoms with Crippen molar-refractivity contribution >= 4 is 17.3 Å². The fourth-order valence-electron chi connectivity index (χ4n) is 2.15. The first kappa shape index (κ1) is 18.2. The quantitative estimate of drug-likeness (QED) is 0.674. The van der Waals surface area contributed by atoms with Crippen LogP contribution in [0, 0.1) is 17.0 Å². The highest BCUT2D eigenvalue weighted by Gasteiger charge is 2.33. The summed E-state index contributed by atoms with van der Waals surface area (Å²) < 4.78 is 39.4. The van der Waals surface area contributed by atoms with Gasteiger partial charge in [-0.3, -0.25) is 24.3 Å². The number of nitro groups is 1. The number of para-hydroxylation sites is 1. The van der Waals surface area contributed by atoms with E-state index in [2.05, 4.69) is 5.32 Å². The Morgan fingerprint density at radius 3 is 2.56 bits per heavy atom. The molecule has 1 amide bonds. The van der Waals surface area contributed by atoms with Crippen molar-refractivity contribution in [2.45, 2.75) is 19.6 Å². The van der Waals surface area contributed by atoms with E-state index in [1.54, 1.807) is 0 Å². The molecule has 0 aliphatic heterocycles. The zero-order valence-electron chi connectivity index (χ0n) is 12.8. The van der Waals surface area contributed by atoms with Gasteiger partial charge in [-0.15, -0.1) is 0 Å². The van der Waals surface area contributed by atoms with Gasteiger partial charge in [0.05, 0.1) is 22.4 Å². The van der Waals surface area contributed by atoms with Gasteiger partial charge in [0.2, 0.25) is 5.91 Å². The van der Waals surface area contributed by atoms with Gasteiger partial charge in [0.25, 0.3) is 11.2 Å². The van der Waals surface area contributed by atoms with Crippen LogP contribution in [-0.4, -0.2) is 15.4 Å². The minimum atomic E-state index is -4.66. The molecular formula is C15H12F3N3O4. The normalized spacial score (nSPS) is 11.2. The number of pyridine rings is 1. The van der Waals surface area contributed by atoms with Gasteiger partial charge >= 0.3 is 6.18 Å². The number of anilines is 1. The summed E-state index contributed by atoms with van der Waals surface area (Å²) in [6.45, 7) is 0.704. The molecule has 0 fully saturated rings. The second kappa shape index (κ2) is 6.75. The molecule has 0 atom stereocenters. The molecule has 132 valence electrons. The third-order valence-electron chi connectivity index (χ3n) is 3.32. The standard InChI is InChI=1S/C15H12F3N3O4/c1-9-6-14(23)20(7-12(9)21(24)25)8-13(22)19-11-5-3-2-4-10(11)15(16,17)18/h2-7H,8H2,1H3,(H,19,22). The van der Waals surface area contributed by atoms with Crippen LogP contribution in [0.1, 0.15) is 11.1 Å². The Kier molecular flexibility index (Phi) is 4.91. The number of benzene rings is 1. The molecule has 1 aromatic carbocycles. The predicted molar refractivity (Wildman–Crippen MR) is 82.2 cm³/mol. The summed E-state index contributed by atoms with van der Waals surface area (Å²) >= 11 is 0. The molecule has 2 rings (SSSR count). The molecule has 10 heteroatoms. The van der Waals surface area contributed by atoms with Crippen LogP contribution in [0.15, 0.2) is 41.3 Å². The van der Waals surface area contributed by atoms with Crippen LogP contribution < -0.4 is 10.9 Å². The number of aryl methyl sites for hydroxylation is 1. The molecule has 0 saturated carbocycles. The van der Waals surface area contributed by atoms with Crippen LogP contribution in [-0.2, 0) is 17.5 Å². The maximum Gasteiger partial charge on any atom is 0.418 e. The lowest BCUT2D eigenvalue weighted by Crippen LogP contribution is -2.28. The molecule has 0 spiro atoms. The minimum absolute atomic E-state index is 0.120. The van der Waals surface area contributed by atoms with E-state index in [0.29, 0.717) is 0 Å². The minimum Gasteiger partial charge on any atom is -0.324 e. The number of nitrogens with one attached hydrogen (secondary N) is 1. The highest BCUT2D eigenvalue weighted by molar-refractivity contribution is 5.91. The largest absolute Gasteiger partial charge is 0.418 e. The number of aromatic nitrogens is 1.